The lowest BCUT2D eigenvalue weighted by atomic mass is 10.1. The van der Waals surface area contributed by atoms with Crippen molar-refractivity contribution in [1.29, 1.82) is 0 Å². The number of nitrogens with zero attached hydrogens (tertiary/aromatic N) is 2. The van der Waals surface area contributed by atoms with Gasteiger partial charge >= 0.3 is 0 Å². The predicted molar refractivity (Wildman–Crippen MR) is 92.4 cm³/mol. The first-order valence-corrected chi connectivity index (χ1v) is 8.14. The quantitative estimate of drug-likeness (QED) is 0.790. The molecule has 0 atom stereocenters. The molecule has 0 aromatic heterocycles. The van der Waals surface area contributed by atoms with E-state index in [1.54, 1.807) is 0 Å². The van der Waals surface area contributed by atoms with Crippen molar-refractivity contribution in [3.63, 3.8) is 0 Å². The van der Waals surface area contributed by atoms with Gasteiger partial charge in [0, 0.05) is 13.0 Å². The van der Waals surface area contributed by atoms with Crippen LogP contribution in [0.4, 0.5) is 11.4 Å². The average Bonchev–Trinajstić information content (AvgIpc) is 3.06. The molecule has 0 spiro atoms. The molecule has 0 N–H and O–H groups in total. The summed E-state index contributed by atoms with van der Waals surface area (Å²) in [5.41, 5.74) is 2.05. The van der Waals surface area contributed by atoms with Gasteiger partial charge in [-0.25, -0.2) is 0 Å². The summed E-state index contributed by atoms with van der Waals surface area (Å²) in [5, 5.41) is 0. The number of fused-ring (bicyclic) bond motifs is 2. The van der Waals surface area contributed by atoms with Gasteiger partial charge in [0.05, 0.1) is 17.5 Å². The monoisotopic (exact) mass is 308 g/mol. The third-order valence-electron chi connectivity index (χ3n) is 3.99. The summed E-state index contributed by atoms with van der Waals surface area (Å²) in [4.78, 5) is 6.91. The zero-order valence-corrected chi connectivity index (χ0v) is 13.5. The molecule has 4 nitrogen and oxygen atoms in total. The van der Waals surface area contributed by atoms with Crippen LogP contribution in [-0.4, -0.2) is 18.5 Å². The zero-order valence-electron chi connectivity index (χ0n) is 13.5. The van der Waals surface area contributed by atoms with E-state index in [2.05, 4.69) is 17.0 Å². The summed E-state index contributed by atoms with van der Waals surface area (Å²) in [6, 6.07) is 14.1. The Hall–Kier alpha value is -2.49. The molecular formula is C19H20N2O2. The number of hydrogen-bond acceptors (Lipinski definition) is 4. The van der Waals surface area contributed by atoms with E-state index in [1.807, 2.05) is 44.2 Å². The lowest BCUT2D eigenvalue weighted by molar-refractivity contribution is 0.233. The molecule has 2 aliphatic rings. The van der Waals surface area contributed by atoms with Crippen LogP contribution < -0.4 is 14.4 Å². The van der Waals surface area contributed by atoms with E-state index < -0.39 is 0 Å². The van der Waals surface area contributed by atoms with Gasteiger partial charge in [0.25, 0.3) is 0 Å². The topological polar surface area (TPSA) is 34.1 Å². The lowest BCUT2D eigenvalue weighted by Crippen LogP contribution is -2.27. The zero-order chi connectivity index (χ0) is 15.8. The maximum atomic E-state index is 6.18. The third-order valence-corrected chi connectivity index (χ3v) is 3.99. The third kappa shape index (κ3) is 2.44. The Labute approximate surface area is 136 Å². The molecule has 0 fully saturated rings. The van der Waals surface area contributed by atoms with Crippen LogP contribution in [0, 0.1) is 0 Å². The van der Waals surface area contributed by atoms with E-state index in [1.165, 1.54) is 0 Å². The molecule has 0 saturated carbocycles. The molecule has 4 heteroatoms. The molecule has 0 unspecified atom stereocenters. The van der Waals surface area contributed by atoms with Crippen LogP contribution in [0.3, 0.4) is 0 Å². The number of hydrogen-bond donors (Lipinski definition) is 0. The number of anilines is 2. The largest absolute Gasteiger partial charge is 0.487 e. The predicted octanol–water partition coefficient (Wildman–Crippen LogP) is 4.91. The highest BCUT2D eigenvalue weighted by Crippen LogP contribution is 2.51. The summed E-state index contributed by atoms with van der Waals surface area (Å²) in [7, 11) is 0. The van der Waals surface area contributed by atoms with Crippen LogP contribution >= 0.6 is 0 Å². The van der Waals surface area contributed by atoms with Crippen LogP contribution in [0.2, 0.25) is 0 Å². The van der Waals surface area contributed by atoms with E-state index >= 15 is 0 Å². The highest BCUT2D eigenvalue weighted by molar-refractivity contribution is 6.08. The van der Waals surface area contributed by atoms with Gasteiger partial charge < -0.3 is 9.47 Å². The molecule has 0 radical (unpaired) electrons. The Bertz CT molecular complexity index is 768. The number of rotatable bonds is 2. The van der Waals surface area contributed by atoms with Crippen molar-refractivity contribution in [2.45, 2.75) is 32.8 Å². The number of ether oxygens (including phenoxy) is 2. The van der Waals surface area contributed by atoms with E-state index in [4.69, 9.17) is 14.5 Å². The van der Waals surface area contributed by atoms with Gasteiger partial charge in [0.1, 0.15) is 5.84 Å². The first-order valence-electron chi connectivity index (χ1n) is 8.14. The van der Waals surface area contributed by atoms with Gasteiger partial charge in [0.15, 0.2) is 17.2 Å². The van der Waals surface area contributed by atoms with Crippen molar-refractivity contribution >= 4 is 17.2 Å². The normalized spacial score (nSPS) is 15.8. The molecule has 2 aromatic carbocycles. The molecule has 2 aliphatic heterocycles. The van der Waals surface area contributed by atoms with E-state index in [9.17, 15) is 0 Å². The van der Waals surface area contributed by atoms with Crippen LogP contribution in [-0.2, 0) is 0 Å². The summed E-state index contributed by atoms with van der Waals surface area (Å²) in [5.74, 6) is 3.49. The van der Waals surface area contributed by atoms with Gasteiger partial charge in [-0.3, -0.25) is 9.89 Å². The van der Waals surface area contributed by atoms with Gasteiger partial charge in [-0.2, -0.15) is 0 Å². The Morgan fingerprint density at radius 1 is 1.09 bits per heavy atom. The fourth-order valence-corrected chi connectivity index (χ4v) is 3.08. The molecule has 0 bridgehead atoms. The summed E-state index contributed by atoms with van der Waals surface area (Å²) >= 11 is 0. The summed E-state index contributed by atoms with van der Waals surface area (Å²) < 4.78 is 12.1. The smallest absolute Gasteiger partial charge is 0.193 e. The van der Waals surface area contributed by atoms with E-state index in [-0.39, 0.29) is 6.10 Å². The molecule has 2 aromatic rings. The molecule has 118 valence electrons. The molecular weight excluding hydrogens is 288 g/mol. The SMILES string of the molecule is CC(C)Oc1cccc2c1Oc1ccccc1N2C1=NCCC1. The molecule has 4 rings (SSSR count). The fourth-order valence-electron chi connectivity index (χ4n) is 3.08. The molecule has 0 amide bonds. The summed E-state index contributed by atoms with van der Waals surface area (Å²) in [6.07, 6.45) is 2.19. The Kier molecular flexibility index (Phi) is 3.45. The second-order valence-electron chi connectivity index (χ2n) is 6.08. The number of aliphatic imine (C=N–C) groups is 1. The minimum absolute atomic E-state index is 0.0968. The lowest BCUT2D eigenvalue weighted by Gasteiger charge is -2.33. The average molecular weight is 308 g/mol. The molecule has 2 heterocycles. The fraction of sp³-hybridized carbons (Fsp3) is 0.316. The van der Waals surface area contributed by atoms with Gasteiger partial charge in [-0.1, -0.05) is 18.2 Å². The van der Waals surface area contributed by atoms with Crippen LogP contribution in [0.15, 0.2) is 47.5 Å². The minimum Gasteiger partial charge on any atom is -0.487 e. The Morgan fingerprint density at radius 3 is 2.70 bits per heavy atom. The van der Waals surface area contributed by atoms with Crippen molar-refractivity contribution in [3.8, 4) is 17.2 Å². The first kappa shape index (κ1) is 14.1. The van der Waals surface area contributed by atoms with Crippen LogP contribution in [0.1, 0.15) is 26.7 Å². The second-order valence-corrected chi connectivity index (χ2v) is 6.08. The highest BCUT2D eigenvalue weighted by Gasteiger charge is 2.30. The van der Waals surface area contributed by atoms with Crippen molar-refractivity contribution in [2.24, 2.45) is 4.99 Å². The Morgan fingerprint density at radius 2 is 1.91 bits per heavy atom. The minimum atomic E-state index is 0.0968. The van der Waals surface area contributed by atoms with Crippen molar-refractivity contribution in [2.75, 3.05) is 11.4 Å². The molecule has 23 heavy (non-hydrogen) atoms. The second kappa shape index (κ2) is 5.61. The van der Waals surface area contributed by atoms with E-state index in [0.29, 0.717) is 0 Å². The number of benzene rings is 2. The first-order chi connectivity index (χ1) is 11.2. The van der Waals surface area contributed by atoms with Gasteiger partial charge in [-0.15, -0.1) is 0 Å². The Balaban J connectivity index is 1.88. The molecule has 0 saturated heterocycles. The maximum Gasteiger partial charge on any atom is 0.193 e. The van der Waals surface area contributed by atoms with Crippen molar-refractivity contribution in [1.82, 2.24) is 0 Å². The highest BCUT2D eigenvalue weighted by atomic mass is 16.5. The molecule has 0 aliphatic carbocycles. The van der Waals surface area contributed by atoms with Crippen LogP contribution in [0.25, 0.3) is 0 Å². The van der Waals surface area contributed by atoms with Crippen molar-refractivity contribution < 1.29 is 9.47 Å². The van der Waals surface area contributed by atoms with Crippen LogP contribution in [0.5, 0.6) is 17.2 Å². The summed E-state index contributed by atoms with van der Waals surface area (Å²) in [6.45, 7) is 4.94. The van der Waals surface area contributed by atoms with Crippen molar-refractivity contribution in [3.05, 3.63) is 42.5 Å². The number of amidine groups is 1. The van der Waals surface area contributed by atoms with Gasteiger partial charge in [-0.05, 0) is 44.5 Å². The standard InChI is InChI=1S/C19H20N2O2/c1-13(2)22-17-10-5-8-15-19(17)23-16-9-4-3-7-14(16)21(15)18-11-6-12-20-18/h3-5,7-10,13H,6,11-12H2,1-2H3. The van der Waals surface area contributed by atoms with E-state index in [0.717, 1.165) is 53.8 Å². The maximum absolute atomic E-state index is 6.18. The van der Waals surface area contributed by atoms with Gasteiger partial charge in [0.2, 0.25) is 0 Å². The number of para-hydroxylation sites is 3.